The van der Waals surface area contributed by atoms with E-state index in [0.29, 0.717) is 5.56 Å². The molecule has 0 heterocycles. The van der Waals surface area contributed by atoms with Crippen LogP contribution in [0.15, 0.2) is 48.5 Å². The third kappa shape index (κ3) is 6.16. The van der Waals surface area contributed by atoms with Gasteiger partial charge in [0.25, 0.3) is 0 Å². The minimum Gasteiger partial charge on any atom is -0.406 e. The molecule has 0 aliphatic carbocycles. The Hall–Kier alpha value is -2.15. The molecule has 7 heteroatoms. The molecule has 0 radical (unpaired) electrons. The van der Waals surface area contributed by atoms with Crippen LogP contribution in [0.2, 0.25) is 0 Å². The molecular formula is C17H15F5O2. The second-order valence-electron chi connectivity index (χ2n) is 5.28. The molecule has 2 aromatic rings. The zero-order valence-corrected chi connectivity index (χ0v) is 12.7. The predicted molar refractivity (Wildman–Crippen MR) is 77.7 cm³/mol. The standard InChI is InChI=1S/C17H15F5O2/c1-12-2-4-14(5-3-12)11-23-16(18,19)10-13-6-8-15(9-7-13)24-17(20,21)22/h2-9H,10-11H2,1H3. The van der Waals surface area contributed by atoms with Crippen LogP contribution in [0, 0.1) is 6.92 Å². The third-order valence-corrected chi connectivity index (χ3v) is 3.14. The smallest absolute Gasteiger partial charge is 0.406 e. The molecule has 0 saturated heterocycles. The summed E-state index contributed by atoms with van der Waals surface area (Å²) in [4.78, 5) is 0. The highest BCUT2D eigenvalue weighted by molar-refractivity contribution is 5.28. The maximum atomic E-state index is 13.8. The van der Waals surface area contributed by atoms with Crippen molar-refractivity contribution in [1.29, 1.82) is 0 Å². The van der Waals surface area contributed by atoms with Crippen LogP contribution in [-0.4, -0.2) is 12.5 Å². The van der Waals surface area contributed by atoms with Gasteiger partial charge in [-0.2, -0.15) is 8.78 Å². The molecule has 24 heavy (non-hydrogen) atoms. The van der Waals surface area contributed by atoms with Crippen molar-refractivity contribution >= 4 is 0 Å². The maximum Gasteiger partial charge on any atom is 0.573 e. The van der Waals surface area contributed by atoms with Crippen molar-refractivity contribution in [1.82, 2.24) is 0 Å². The summed E-state index contributed by atoms with van der Waals surface area (Å²) in [7, 11) is 0. The first kappa shape index (κ1) is 18.2. The van der Waals surface area contributed by atoms with Crippen molar-refractivity contribution < 1.29 is 31.4 Å². The van der Waals surface area contributed by atoms with E-state index in [1.54, 1.807) is 24.3 Å². The van der Waals surface area contributed by atoms with Crippen molar-refractivity contribution in [3.63, 3.8) is 0 Å². The summed E-state index contributed by atoms with van der Waals surface area (Å²) >= 11 is 0. The topological polar surface area (TPSA) is 18.5 Å². The van der Waals surface area contributed by atoms with E-state index in [4.69, 9.17) is 0 Å². The number of benzene rings is 2. The van der Waals surface area contributed by atoms with Crippen molar-refractivity contribution in [2.75, 3.05) is 0 Å². The van der Waals surface area contributed by atoms with Gasteiger partial charge in [0.2, 0.25) is 0 Å². The van der Waals surface area contributed by atoms with E-state index in [9.17, 15) is 22.0 Å². The Morgan fingerprint density at radius 1 is 0.792 bits per heavy atom. The molecule has 0 aliphatic rings. The van der Waals surface area contributed by atoms with Crippen LogP contribution in [0.5, 0.6) is 5.75 Å². The van der Waals surface area contributed by atoms with Crippen LogP contribution in [-0.2, 0) is 17.8 Å². The SMILES string of the molecule is Cc1ccc(COC(F)(F)Cc2ccc(OC(F)(F)F)cc2)cc1. The van der Waals surface area contributed by atoms with Crippen LogP contribution < -0.4 is 4.74 Å². The van der Waals surface area contributed by atoms with Crippen LogP contribution in [0.3, 0.4) is 0 Å². The highest BCUT2D eigenvalue weighted by atomic mass is 19.4. The summed E-state index contributed by atoms with van der Waals surface area (Å²) < 4.78 is 72.0. The summed E-state index contributed by atoms with van der Waals surface area (Å²) in [6, 6.07) is 11.2. The number of hydrogen-bond donors (Lipinski definition) is 0. The molecule has 130 valence electrons. The van der Waals surface area contributed by atoms with E-state index >= 15 is 0 Å². The van der Waals surface area contributed by atoms with Crippen molar-refractivity contribution in [2.24, 2.45) is 0 Å². The first-order valence-electron chi connectivity index (χ1n) is 7.05. The Morgan fingerprint density at radius 2 is 1.33 bits per heavy atom. The number of rotatable bonds is 6. The molecule has 2 nitrogen and oxygen atoms in total. The Labute approximate surface area is 135 Å². The summed E-state index contributed by atoms with van der Waals surface area (Å²) in [6.07, 6.45) is -8.99. The van der Waals surface area contributed by atoms with Gasteiger partial charge in [-0.1, -0.05) is 42.0 Å². The monoisotopic (exact) mass is 346 g/mol. The number of hydrogen-bond acceptors (Lipinski definition) is 2. The molecule has 0 atom stereocenters. The number of aryl methyl sites for hydroxylation is 1. The zero-order chi connectivity index (χ0) is 17.8. The van der Waals surface area contributed by atoms with Crippen LogP contribution in [0.25, 0.3) is 0 Å². The molecule has 0 bridgehead atoms. The molecule has 0 N–H and O–H groups in total. The van der Waals surface area contributed by atoms with Crippen molar-refractivity contribution in [3.8, 4) is 5.75 Å². The Balaban J connectivity index is 1.92. The van der Waals surface area contributed by atoms with E-state index in [-0.39, 0.29) is 12.2 Å². The van der Waals surface area contributed by atoms with Gasteiger partial charge < -0.3 is 9.47 Å². The largest absolute Gasteiger partial charge is 0.573 e. The summed E-state index contributed by atoms with van der Waals surface area (Å²) in [5.41, 5.74) is 1.75. The average Bonchev–Trinajstić information content (AvgIpc) is 2.47. The molecule has 2 aromatic carbocycles. The average molecular weight is 346 g/mol. The number of alkyl halides is 5. The van der Waals surface area contributed by atoms with Gasteiger partial charge in [-0.25, -0.2) is 0 Å². The van der Waals surface area contributed by atoms with E-state index < -0.39 is 24.6 Å². The van der Waals surface area contributed by atoms with E-state index in [1.807, 2.05) is 6.92 Å². The van der Waals surface area contributed by atoms with E-state index in [2.05, 4.69) is 9.47 Å². The lowest BCUT2D eigenvalue weighted by molar-refractivity contribution is -0.274. The van der Waals surface area contributed by atoms with Gasteiger partial charge in [-0.3, -0.25) is 0 Å². The van der Waals surface area contributed by atoms with E-state index in [0.717, 1.165) is 29.8 Å². The first-order chi connectivity index (χ1) is 11.1. The van der Waals surface area contributed by atoms with Gasteiger partial charge >= 0.3 is 12.5 Å². The number of halogens is 5. The Morgan fingerprint density at radius 3 is 1.88 bits per heavy atom. The third-order valence-electron chi connectivity index (χ3n) is 3.14. The first-order valence-corrected chi connectivity index (χ1v) is 7.05. The highest BCUT2D eigenvalue weighted by Gasteiger charge is 2.32. The van der Waals surface area contributed by atoms with E-state index in [1.165, 1.54) is 0 Å². The Bertz CT molecular complexity index is 648. The van der Waals surface area contributed by atoms with Crippen molar-refractivity contribution in [2.45, 2.75) is 32.4 Å². The van der Waals surface area contributed by atoms with Gasteiger partial charge in [-0.05, 0) is 30.2 Å². The molecular weight excluding hydrogens is 331 g/mol. The molecule has 0 aliphatic heterocycles. The van der Waals surface area contributed by atoms with Crippen LogP contribution >= 0.6 is 0 Å². The lowest BCUT2D eigenvalue weighted by Gasteiger charge is -2.17. The second kappa shape index (κ2) is 7.17. The molecule has 0 amide bonds. The quantitative estimate of drug-likeness (QED) is 0.666. The van der Waals surface area contributed by atoms with Gasteiger partial charge in [0.15, 0.2) is 0 Å². The summed E-state index contributed by atoms with van der Waals surface area (Å²) in [5, 5.41) is 0. The Kier molecular flexibility index (Phi) is 5.43. The molecule has 0 saturated carbocycles. The fourth-order valence-corrected chi connectivity index (χ4v) is 1.97. The normalized spacial score (nSPS) is 12.2. The highest BCUT2D eigenvalue weighted by Crippen LogP contribution is 2.26. The van der Waals surface area contributed by atoms with Gasteiger partial charge in [0.05, 0.1) is 13.0 Å². The van der Waals surface area contributed by atoms with Crippen LogP contribution in [0.1, 0.15) is 16.7 Å². The molecule has 0 spiro atoms. The minimum atomic E-state index is -4.82. The van der Waals surface area contributed by atoms with Crippen LogP contribution in [0.4, 0.5) is 22.0 Å². The van der Waals surface area contributed by atoms with Gasteiger partial charge in [0.1, 0.15) is 5.75 Å². The fourth-order valence-electron chi connectivity index (χ4n) is 1.97. The zero-order valence-electron chi connectivity index (χ0n) is 12.7. The maximum absolute atomic E-state index is 13.8. The summed E-state index contributed by atoms with van der Waals surface area (Å²) in [6.45, 7) is 1.62. The minimum absolute atomic E-state index is 0.137. The number of ether oxygens (including phenoxy) is 2. The molecule has 0 fully saturated rings. The molecule has 0 unspecified atom stereocenters. The van der Waals surface area contributed by atoms with Gasteiger partial charge in [-0.15, -0.1) is 13.2 Å². The lowest BCUT2D eigenvalue weighted by Crippen LogP contribution is -2.23. The van der Waals surface area contributed by atoms with Crippen molar-refractivity contribution in [3.05, 3.63) is 65.2 Å². The molecule has 0 aromatic heterocycles. The lowest BCUT2D eigenvalue weighted by atomic mass is 10.1. The molecule has 2 rings (SSSR count). The predicted octanol–water partition coefficient (Wildman–Crippen LogP) is 5.25. The summed E-state index contributed by atoms with van der Waals surface area (Å²) in [5.74, 6) is -0.463. The fraction of sp³-hybridized carbons (Fsp3) is 0.294. The second-order valence-corrected chi connectivity index (χ2v) is 5.28. The van der Waals surface area contributed by atoms with Gasteiger partial charge in [0, 0.05) is 0 Å².